The van der Waals surface area contributed by atoms with E-state index < -0.39 is 0 Å². The predicted octanol–water partition coefficient (Wildman–Crippen LogP) is 2.16. The van der Waals surface area contributed by atoms with E-state index in [1.807, 2.05) is 43.3 Å². The van der Waals surface area contributed by atoms with Gasteiger partial charge in [-0.1, -0.05) is 18.2 Å². The van der Waals surface area contributed by atoms with Crippen LogP contribution in [0, 0.1) is 6.92 Å². The predicted molar refractivity (Wildman–Crippen MR) is 68.2 cm³/mol. The molecular formula is C14H17NO3. The number of hydrogen-bond donors (Lipinski definition) is 2. The largest absolute Gasteiger partial charge is 0.481 e. The number of aliphatic hydroxyl groups is 1. The smallest absolute Gasteiger partial charge is 0.168 e. The van der Waals surface area contributed by atoms with Crippen molar-refractivity contribution in [3.63, 3.8) is 0 Å². The molecule has 4 nitrogen and oxygen atoms in total. The van der Waals surface area contributed by atoms with Crippen molar-refractivity contribution in [2.75, 3.05) is 6.54 Å². The molecule has 0 saturated carbocycles. The van der Waals surface area contributed by atoms with Crippen molar-refractivity contribution in [1.29, 1.82) is 0 Å². The molecule has 1 unspecified atom stereocenters. The molecule has 1 aromatic carbocycles. The Balaban J connectivity index is 2.20. The van der Waals surface area contributed by atoms with E-state index >= 15 is 0 Å². The van der Waals surface area contributed by atoms with Gasteiger partial charge >= 0.3 is 0 Å². The van der Waals surface area contributed by atoms with E-state index in [1.165, 1.54) is 0 Å². The van der Waals surface area contributed by atoms with Gasteiger partial charge in [-0.3, -0.25) is 0 Å². The summed E-state index contributed by atoms with van der Waals surface area (Å²) in [5, 5.41) is 9.24. The number of nitrogens with two attached hydrogens (primary N) is 1. The van der Waals surface area contributed by atoms with Gasteiger partial charge in [-0.15, -0.1) is 0 Å². The first-order valence-electron chi connectivity index (χ1n) is 5.86. The number of ether oxygens (including phenoxy) is 1. The molecule has 0 aliphatic rings. The maximum atomic E-state index is 9.24. The van der Waals surface area contributed by atoms with Crippen LogP contribution in [-0.4, -0.2) is 11.7 Å². The van der Waals surface area contributed by atoms with Gasteiger partial charge in [0.25, 0.3) is 0 Å². The van der Waals surface area contributed by atoms with E-state index in [1.54, 1.807) is 0 Å². The Bertz CT molecular complexity index is 507. The zero-order chi connectivity index (χ0) is 13.0. The van der Waals surface area contributed by atoms with Gasteiger partial charge in [0, 0.05) is 12.1 Å². The van der Waals surface area contributed by atoms with Gasteiger partial charge in [0.05, 0.1) is 6.61 Å². The summed E-state index contributed by atoms with van der Waals surface area (Å²) >= 11 is 0. The number of aryl methyl sites for hydroxylation is 1. The standard InChI is InChI=1S/C14H17NO3/c1-10-6-7-13(17-10)14(8-15)18-12-5-3-2-4-11(12)9-16/h2-7,14,16H,8-9,15H2,1H3. The van der Waals surface area contributed by atoms with Crippen LogP contribution >= 0.6 is 0 Å². The Morgan fingerprint density at radius 1 is 1.28 bits per heavy atom. The van der Waals surface area contributed by atoms with E-state index in [9.17, 15) is 5.11 Å². The maximum absolute atomic E-state index is 9.24. The molecule has 0 saturated heterocycles. The first-order valence-corrected chi connectivity index (χ1v) is 5.86. The van der Waals surface area contributed by atoms with E-state index in [2.05, 4.69) is 0 Å². The van der Waals surface area contributed by atoms with Gasteiger partial charge in [0.1, 0.15) is 17.3 Å². The Morgan fingerprint density at radius 3 is 2.67 bits per heavy atom. The van der Waals surface area contributed by atoms with Crippen LogP contribution < -0.4 is 10.5 Å². The van der Waals surface area contributed by atoms with Gasteiger partial charge in [-0.2, -0.15) is 0 Å². The Morgan fingerprint density at radius 2 is 2.06 bits per heavy atom. The number of furan rings is 1. The molecule has 1 atom stereocenters. The molecule has 0 radical (unpaired) electrons. The van der Waals surface area contributed by atoms with E-state index in [-0.39, 0.29) is 12.7 Å². The quantitative estimate of drug-likeness (QED) is 0.849. The molecule has 2 rings (SSSR count). The lowest BCUT2D eigenvalue weighted by atomic mass is 10.2. The minimum atomic E-state index is -0.341. The minimum absolute atomic E-state index is 0.0648. The average Bonchev–Trinajstić information content (AvgIpc) is 2.83. The van der Waals surface area contributed by atoms with Crippen molar-refractivity contribution in [2.24, 2.45) is 5.73 Å². The van der Waals surface area contributed by atoms with Crippen LogP contribution in [0.1, 0.15) is 23.2 Å². The maximum Gasteiger partial charge on any atom is 0.168 e. The average molecular weight is 247 g/mol. The van der Waals surface area contributed by atoms with Crippen LogP contribution in [0.5, 0.6) is 5.75 Å². The van der Waals surface area contributed by atoms with Crippen LogP contribution in [0.3, 0.4) is 0 Å². The molecule has 18 heavy (non-hydrogen) atoms. The van der Waals surface area contributed by atoms with E-state index in [0.29, 0.717) is 18.1 Å². The monoisotopic (exact) mass is 247 g/mol. The van der Waals surface area contributed by atoms with Crippen LogP contribution in [0.15, 0.2) is 40.8 Å². The fourth-order valence-electron chi connectivity index (χ4n) is 1.75. The molecule has 1 aromatic heterocycles. The second-order valence-corrected chi connectivity index (χ2v) is 4.06. The Kier molecular flexibility index (Phi) is 4.02. The highest BCUT2D eigenvalue weighted by molar-refractivity contribution is 5.33. The highest BCUT2D eigenvalue weighted by Gasteiger charge is 2.16. The van der Waals surface area contributed by atoms with Gasteiger partial charge in [0.15, 0.2) is 6.10 Å². The minimum Gasteiger partial charge on any atom is -0.481 e. The number of benzene rings is 1. The lowest BCUT2D eigenvalue weighted by Crippen LogP contribution is -2.18. The van der Waals surface area contributed by atoms with Crippen molar-refractivity contribution in [3.8, 4) is 5.75 Å². The molecule has 0 amide bonds. The number of rotatable bonds is 5. The van der Waals surface area contributed by atoms with Crippen LogP contribution in [0.4, 0.5) is 0 Å². The summed E-state index contributed by atoms with van der Waals surface area (Å²) in [6.45, 7) is 2.12. The van der Waals surface area contributed by atoms with Crippen molar-refractivity contribution < 1.29 is 14.3 Å². The third-order valence-corrected chi connectivity index (χ3v) is 2.70. The summed E-state index contributed by atoms with van der Waals surface area (Å²) in [7, 11) is 0. The first kappa shape index (κ1) is 12.7. The first-order chi connectivity index (χ1) is 8.74. The second-order valence-electron chi connectivity index (χ2n) is 4.06. The molecule has 0 aliphatic carbocycles. The highest BCUT2D eigenvalue weighted by atomic mass is 16.5. The number of para-hydroxylation sites is 1. The third kappa shape index (κ3) is 2.72. The Hall–Kier alpha value is -1.78. The van der Waals surface area contributed by atoms with E-state index in [0.717, 1.165) is 11.3 Å². The van der Waals surface area contributed by atoms with Gasteiger partial charge in [-0.05, 0) is 25.1 Å². The van der Waals surface area contributed by atoms with Crippen LogP contribution in [0.25, 0.3) is 0 Å². The third-order valence-electron chi connectivity index (χ3n) is 2.70. The molecule has 96 valence electrons. The number of hydrogen-bond acceptors (Lipinski definition) is 4. The van der Waals surface area contributed by atoms with Crippen molar-refractivity contribution in [1.82, 2.24) is 0 Å². The normalized spacial score (nSPS) is 12.4. The molecule has 1 heterocycles. The second kappa shape index (κ2) is 5.71. The van der Waals surface area contributed by atoms with Crippen molar-refractivity contribution >= 4 is 0 Å². The molecule has 0 aliphatic heterocycles. The molecule has 4 heteroatoms. The van der Waals surface area contributed by atoms with Crippen LogP contribution in [-0.2, 0) is 6.61 Å². The Labute approximate surface area is 106 Å². The summed E-state index contributed by atoms with van der Waals surface area (Å²) in [5.41, 5.74) is 6.44. The number of aliphatic hydroxyl groups excluding tert-OH is 1. The van der Waals surface area contributed by atoms with Crippen molar-refractivity contribution in [3.05, 3.63) is 53.5 Å². The van der Waals surface area contributed by atoms with Crippen LogP contribution in [0.2, 0.25) is 0 Å². The van der Waals surface area contributed by atoms with Gasteiger partial charge in [0.2, 0.25) is 0 Å². The zero-order valence-corrected chi connectivity index (χ0v) is 10.3. The molecule has 0 spiro atoms. The summed E-state index contributed by atoms with van der Waals surface area (Å²) in [6, 6.07) is 11.1. The van der Waals surface area contributed by atoms with Gasteiger partial charge in [-0.25, -0.2) is 0 Å². The molecule has 0 fully saturated rings. The van der Waals surface area contributed by atoms with Gasteiger partial charge < -0.3 is 20.0 Å². The zero-order valence-electron chi connectivity index (χ0n) is 10.3. The fraction of sp³-hybridized carbons (Fsp3) is 0.286. The lowest BCUT2D eigenvalue weighted by molar-refractivity contribution is 0.175. The fourth-order valence-corrected chi connectivity index (χ4v) is 1.75. The molecule has 0 bridgehead atoms. The van der Waals surface area contributed by atoms with Crippen molar-refractivity contribution in [2.45, 2.75) is 19.6 Å². The molecular weight excluding hydrogens is 230 g/mol. The SMILES string of the molecule is Cc1ccc(C(CN)Oc2ccccc2CO)o1. The lowest BCUT2D eigenvalue weighted by Gasteiger charge is -2.17. The summed E-state index contributed by atoms with van der Waals surface area (Å²) in [5.74, 6) is 2.15. The molecule has 3 N–H and O–H groups in total. The van der Waals surface area contributed by atoms with E-state index in [4.69, 9.17) is 14.9 Å². The highest BCUT2D eigenvalue weighted by Crippen LogP contribution is 2.25. The molecule has 2 aromatic rings. The summed E-state index contributed by atoms with van der Waals surface area (Å²) < 4.78 is 11.3. The topological polar surface area (TPSA) is 68.6 Å². The summed E-state index contributed by atoms with van der Waals surface area (Å²) in [4.78, 5) is 0. The summed E-state index contributed by atoms with van der Waals surface area (Å²) in [6.07, 6.45) is -0.341.